The van der Waals surface area contributed by atoms with Crippen molar-refractivity contribution in [2.45, 2.75) is 0 Å². The molecule has 0 saturated heterocycles. The van der Waals surface area contributed by atoms with E-state index in [0.29, 0.717) is 32.9 Å². The van der Waals surface area contributed by atoms with Crippen molar-refractivity contribution in [2.75, 3.05) is 19.5 Å². The van der Waals surface area contributed by atoms with Crippen molar-refractivity contribution in [1.82, 2.24) is 0 Å². The molecule has 0 atom stereocenters. The van der Waals surface area contributed by atoms with Crippen molar-refractivity contribution in [1.29, 1.82) is 0 Å². The van der Waals surface area contributed by atoms with E-state index in [-0.39, 0.29) is 0 Å². The minimum Gasteiger partial charge on any atom is -0.494 e. The van der Waals surface area contributed by atoms with Gasteiger partial charge in [-0.05, 0) is 23.6 Å². The first-order chi connectivity index (χ1) is 12.1. The largest absolute Gasteiger partial charge is 0.494 e. The molecule has 0 bridgehead atoms. The number of nitrogens with zero attached hydrogens (tertiary/aromatic N) is 1. The lowest BCUT2D eigenvalue weighted by Gasteiger charge is -2.21. The summed E-state index contributed by atoms with van der Waals surface area (Å²) < 4.78 is 10.8. The second-order valence-corrected chi connectivity index (χ2v) is 6.34. The Kier molecular flexibility index (Phi) is 3.94. The van der Waals surface area contributed by atoms with Crippen molar-refractivity contribution in [3.8, 4) is 11.5 Å². The number of benzene rings is 3. The van der Waals surface area contributed by atoms with E-state index in [4.69, 9.17) is 37.7 Å². The molecule has 1 heterocycles. The Morgan fingerprint density at radius 2 is 1.68 bits per heavy atom. The van der Waals surface area contributed by atoms with E-state index < -0.39 is 0 Å². The molecule has 1 aliphatic rings. The summed E-state index contributed by atoms with van der Waals surface area (Å²) in [6.45, 7) is 0. The van der Waals surface area contributed by atoms with Crippen LogP contribution >= 0.6 is 23.2 Å². The fraction of sp³-hybridized carbons (Fsp3) is 0.105. The second kappa shape index (κ2) is 6.14. The van der Waals surface area contributed by atoms with Gasteiger partial charge in [-0.25, -0.2) is 4.99 Å². The van der Waals surface area contributed by atoms with Gasteiger partial charge in [-0.15, -0.1) is 0 Å². The summed E-state index contributed by atoms with van der Waals surface area (Å²) in [7, 11) is 3.07. The molecular weight excluding hydrogens is 359 g/mol. The van der Waals surface area contributed by atoms with Crippen LogP contribution in [0.1, 0.15) is 5.56 Å². The van der Waals surface area contributed by atoms with Crippen molar-refractivity contribution in [2.24, 2.45) is 4.99 Å². The molecule has 126 valence electrons. The highest BCUT2D eigenvalue weighted by atomic mass is 35.5. The number of hydrogen-bond acceptors (Lipinski definition) is 4. The Hall–Kier alpha value is -2.43. The SMILES string of the molecule is COc1c(Cl)cc(C2=Nc3cccc4cccc(c34)N2)c(OC)c1Cl. The maximum atomic E-state index is 6.40. The van der Waals surface area contributed by atoms with Crippen LogP contribution in [0.4, 0.5) is 11.4 Å². The summed E-state index contributed by atoms with van der Waals surface area (Å²) in [6.07, 6.45) is 0. The predicted octanol–water partition coefficient (Wildman–Crippen LogP) is 5.67. The summed E-state index contributed by atoms with van der Waals surface area (Å²) in [5.41, 5.74) is 2.53. The van der Waals surface area contributed by atoms with Crippen LogP contribution in [-0.2, 0) is 0 Å². The molecule has 4 rings (SSSR count). The smallest absolute Gasteiger partial charge is 0.159 e. The number of rotatable bonds is 3. The topological polar surface area (TPSA) is 42.8 Å². The van der Waals surface area contributed by atoms with Gasteiger partial charge in [0.15, 0.2) is 11.5 Å². The number of hydrogen-bond donors (Lipinski definition) is 1. The molecule has 25 heavy (non-hydrogen) atoms. The minimum atomic E-state index is 0.314. The Labute approximate surface area is 155 Å². The van der Waals surface area contributed by atoms with Gasteiger partial charge in [-0.2, -0.15) is 0 Å². The maximum absolute atomic E-state index is 6.40. The summed E-state index contributed by atoms with van der Waals surface area (Å²) in [5.74, 6) is 1.46. The molecule has 1 N–H and O–H groups in total. The van der Waals surface area contributed by atoms with Gasteiger partial charge >= 0.3 is 0 Å². The quantitative estimate of drug-likeness (QED) is 0.644. The highest BCUT2D eigenvalue weighted by Gasteiger charge is 2.23. The maximum Gasteiger partial charge on any atom is 0.159 e. The van der Waals surface area contributed by atoms with Crippen LogP contribution in [0.5, 0.6) is 11.5 Å². The van der Waals surface area contributed by atoms with E-state index in [1.54, 1.807) is 13.2 Å². The average molecular weight is 373 g/mol. The number of anilines is 1. The standard InChI is InChI=1S/C19H14Cl2N2O2/c1-24-17-11(9-12(20)18(25-2)16(17)21)19-22-13-7-3-5-10-6-4-8-14(23-19)15(10)13/h3-9H,1-2H3,(H,22,23). The molecular formula is C19H14Cl2N2O2. The number of methoxy groups -OCH3 is 2. The number of halogens is 2. The lowest BCUT2D eigenvalue weighted by Crippen LogP contribution is -2.17. The van der Waals surface area contributed by atoms with Gasteiger partial charge in [0.25, 0.3) is 0 Å². The number of aliphatic imine (C=N–C) groups is 1. The van der Waals surface area contributed by atoms with Gasteiger partial charge < -0.3 is 14.8 Å². The Balaban J connectivity index is 1.95. The van der Waals surface area contributed by atoms with E-state index in [0.717, 1.165) is 22.1 Å². The molecule has 6 heteroatoms. The Morgan fingerprint density at radius 3 is 2.40 bits per heavy atom. The zero-order valence-electron chi connectivity index (χ0n) is 13.6. The molecule has 1 aliphatic heterocycles. The highest BCUT2D eigenvalue weighted by Crippen LogP contribution is 2.44. The third kappa shape index (κ3) is 2.49. The molecule has 0 aliphatic carbocycles. The van der Waals surface area contributed by atoms with Crippen molar-refractivity contribution in [3.05, 3.63) is 58.1 Å². The first-order valence-electron chi connectivity index (χ1n) is 7.62. The minimum absolute atomic E-state index is 0.314. The van der Waals surface area contributed by atoms with Crippen LogP contribution < -0.4 is 14.8 Å². The normalized spacial score (nSPS) is 12.6. The lowest BCUT2D eigenvalue weighted by molar-refractivity contribution is 0.394. The Bertz CT molecular complexity index is 1030. The van der Waals surface area contributed by atoms with E-state index in [2.05, 4.69) is 17.4 Å². The van der Waals surface area contributed by atoms with Crippen molar-refractivity contribution >= 4 is 51.2 Å². The first-order valence-corrected chi connectivity index (χ1v) is 8.37. The summed E-state index contributed by atoms with van der Waals surface area (Å²) >= 11 is 12.7. The molecule has 3 aromatic rings. The van der Waals surface area contributed by atoms with Crippen LogP contribution in [0.2, 0.25) is 10.0 Å². The van der Waals surface area contributed by atoms with Gasteiger partial charge in [-0.1, -0.05) is 47.5 Å². The summed E-state index contributed by atoms with van der Waals surface area (Å²) in [4.78, 5) is 4.75. The summed E-state index contributed by atoms with van der Waals surface area (Å²) in [5, 5.41) is 6.27. The molecule has 0 amide bonds. The lowest BCUT2D eigenvalue weighted by atomic mass is 10.0. The molecule has 4 nitrogen and oxygen atoms in total. The van der Waals surface area contributed by atoms with Gasteiger partial charge in [0.05, 0.1) is 30.5 Å². The first kappa shape index (κ1) is 16.1. The zero-order chi connectivity index (χ0) is 17.6. The molecule has 0 saturated carbocycles. The van der Waals surface area contributed by atoms with E-state index in [9.17, 15) is 0 Å². The third-order valence-corrected chi connectivity index (χ3v) is 4.79. The monoisotopic (exact) mass is 372 g/mol. The van der Waals surface area contributed by atoms with Gasteiger partial charge in [-0.3, -0.25) is 0 Å². The zero-order valence-corrected chi connectivity index (χ0v) is 15.1. The number of nitrogens with one attached hydrogen (secondary N) is 1. The molecule has 0 radical (unpaired) electrons. The fourth-order valence-corrected chi connectivity index (χ4v) is 3.76. The summed E-state index contributed by atoms with van der Waals surface area (Å²) in [6, 6.07) is 13.8. The third-order valence-electron chi connectivity index (χ3n) is 4.16. The van der Waals surface area contributed by atoms with Crippen LogP contribution in [0, 0.1) is 0 Å². The molecule has 0 unspecified atom stereocenters. The van der Waals surface area contributed by atoms with Crippen LogP contribution in [0.15, 0.2) is 47.5 Å². The van der Waals surface area contributed by atoms with E-state index in [1.165, 1.54) is 7.11 Å². The van der Waals surface area contributed by atoms with Crippen LogP contribution in [0.3, 0.4) is 0 Å². The van der Waals surface area contributed by atoms with Crippen molar-refractivity contribution < 1.29 is 9.47 Å². The number of ether oxygens (including phenoxy) is 2. The van der Waals surface area contributed by atoms with Crippen molar-refractivity contribution in [3.63, 3.8) is 0 Å². The average Bonchev–Trinajstić information content (AvgIpc) is 2.62. The van der Waals surface area contributed by atoms with Crippen LogP contribution in [0.25, 0.3) is 10.8 Å². The predicted molar refractivity (Wildman–Crippen MR) is 103 cm³/mol. The highest BCUT2D eigenvalue weighted by molar-refractivity contribution is 6.39. The Morgan fingerprint density at radius 1 is 0.960 bits per heavy atom. The molecule has 3 aromatic carbocycles. The van der Waals surface area contributed by atoms with E-state index >= 15 is 0 Å². The fourth-order valence-electron chi connectivity index (χ4n) is 3.07. The van der Waals surface area contributed by atoms with Crippen LogP contribution in [-0.4, -0.2) is 20.1 Å². The molecule has 0 fully saturated rings. The molecule has 0 spiro atoms. The van der Waals surface area contributed by atoms with Gasteiger partial charge in [0.1, 0.15) is 10.9 Å². The van der Waals surface area contributed by atoms with Gasteiger partial charge in [0.2, 0.25) is 0 Å². The number of amidine groups is 1. The molecule has 0 aromatic heterocycles. The van der Waals surface area contributed by atoms with E-state index in [1.807, 2.05) is 24.3 Å². The van der Waals surface area contributed by atoms with Gasteiger partial charge in [0, 0.05) is 11.1 Å². The second-order valence-electron chi connectivity index (χ2n) is 5.55.